The molecule has 1 heterocycles. The molecule has 1 aromatic carbocycles. The van der Waals surface area contributed by atoms with Crippen LogP contribution in [0.4, 0.5) is 4.79 Å². The number of carbonyl (C=O) groups excluding carboxylic acids is 2. The van der Waals surface area contributed by atoms with Crippen LogP contribution in [0.5, 0.6) is 11.5 Å². The summed E-state index contributed by atoms with van der Waals surface area (Å²) >= 11 is 0. The number of amides is 1. The molecule has 2 N–H and O–H groups in total. The van der Waals surface area contributed by atoms with Gasteiger partial charge in [0.15, 0.2) is 11.5 Å². The van der Waals surface area contributed by atoms with Crippen LogP contribution in [0.2, 0.25) is 0 Å². The number of likely N-dealkylation sites (N-methyl/N-ethyl adjacent to an activating group) is 1. The number of hydrogen-bond donors (Lipinski definition) is 1. The van der Waals surface area contributed by atoms with Crippen LogP contribution in [0.15, 0.2) is 18.2 Å². The summed E-state index contributed by atoms with van der Waals surface area (Å²) < 4.78 is 20.5. The van der Waals surface area contributed by atoms with E-state index in [0.717, 1.165) is 11.3 Å². The third-order valence-electron chi connectivity index (χ3n) is 4.29. The molecule has 1 amide bonds. The molecule has 1 aliphatic heterocycles. The highest BCUT2D eigenvalue weighted by molar-refractivity contribution is 5.76. The highest BCUT2D eigenvalue weighted by Gasteiger charge is 2.22. The number of nitrogens with two attached hydrogens (primary N) is 1. The first-order valence-corrected chi connectivity index (χ1v) is 8.50. The van der Waals surface area contributed by atoms with Gasteiger partial charge in [0.25, 0.3) is 0 Å². The van der Waals surface area contributed by atoms with Crippen molar-refractivity contribution in [2.24, 2.45) is 11.7 Å². The summed E-state index contributed by atoms with van der Waals surface area (Å²) in [5.74, 6) is 0.774. The van der Waals surface area contributed by atoms with Crippen LogP contribution in [0.1, 0.15) is 26.3 Å². The lowest BCUT2D eigenvalue weighted by Gasteiger charge is -2.24. The zero-order chi connectivity index (χ0) is 19.3. The van der Waals surface area contributed by atoms with Gasteiger partial charge < -0.3 is 29.6 Å². The summed E-state index contributed by atoms with van der Waals surface area (Å²) in [5, 5.41) is 0. The van der Waals surface area contributed by atoms with Gasteiger partial charge in [0.2, 0.25) is 13.6 Å². The normalized spacial score (nSPS) is 14.7. The Labute approximate surface area is 153 Å². The van der Waals surface area contributed by atoms with Gasteiger partial charge in [-0.25, -0.2) is 4.79 Å². The Bertz CT molecular complexity index is 649. The third-order valence-corrected chi connectivity index (χ3v) is 4.29. The summed E-state index contributed by atoms with van der Waals surface area (Å²) in [4.78, 5) is 25.2. The minimum atomic E-state index is -0.739. The van der Waals surface area contributed by atoms with Crippen molar-refractivity contribution in [1.82, 2.24) is 4.90 Å². The Morgan fingerprint density at radius 1 is 1.19 bits per heavy atom. The Morgan fingerprint density at radius 3 is 2.58 bits per heavy atom. The molecular formula is C18H26N2O6. The molecule has 0 fully saturated rings. The van der Waals surface area contributed by atoms with E-state index in [2.05, 4.69) is 0 Å². The van der Waals surface area contributed by atoms with E-state index < -0.39 is 24.9 Å². The average molecular weight is 366 g/mol. The van der Waals surface area contributed by atoms with Gasteiger partial charge in [0.1, 0.15) is 6.04 Å². The maximum absolute atomic E-state index is 12.1. The molecule has 8 heteroatoms. The average Bonchev–Trinajstić information content (AvgIpc) is 3.07. The van der Waals surface area contributed by atoms with Crippen LogP contribution in [0.25, 0.3) is 0 Å². The van der Waals surface area contributed by atoms with Gasteiger partial charge in [-0.05, 0) is 37.0 Å². The molecule has 1 aromatic rings. The minimum Gasteiger partial charge on any atom is -0.454 e. The van der Waals surface area contributed by atoms with Crippen molar-refractivity contribution in [1.29, 1.82) is 0 Å². The predicted molar refractivity (Wildman–Crippen MR) is 93.7 cm³/mol. The first-order chi connectivity index (χ1) is 12.3. The number of esters is 1. The quantitative estimate of drug-likeness (QED) is 0.581. The smallest absolute Gasteiger partial charge is 0.412 e. The van der Waals surface area contributed by atoms with Gasteiger partial charge in [-0.1, -0.05) is 19.9 Å². The zero-order valence-electron chi connectivity index (χ0n) is 15.6. The number of carbonyl (C=O) groups is 2. The molecule has 26 heavy (non-hydrogen) atoms. The van der Waals surface area contributed by atoms with Gasteiger partial charge in [-0.2, -0.15) is 0 Å². The van der Waals surface area contributed by atoms with Crippen LogP contribution in [-0.4, -0.2) is 49.7 Å². The lowest BCUT2D eigenvalue weighted by Crippen LogP contribution is -2.39. The van der Waals surface area contributed by atoms with Crippen molar-refractivity contribution in [3.8, 4) is 11.5 Å². The van der Waals surface area contributed by atoms with Crippen LogP contribution in [0.3, 0.4) is 0 Å². The largest absolute Gasteiger partial charge is 0.454 e. The SMILES string of the molecule is CC(C)C(N)C(=O)OCOC(=O)N(C)C(C)Cc1ccc2c(c1)OCO2. The maximum Gasteiger partial charge on any atom is 0.412 e. The number of ether oxygens (including phenoxy) is 4. The lowest BCUT2D eigenvalue weighted by atomic mass is 10.1. The Balaban J connectivity index is 1.79. The number of hydrogen-bond acceptors (Lipinski definition) is 7. The maximum atomic E-state index is 12.1. The third kappa shape index (κ3) is 5.01. The molecule has 0 spiro atoms. The summed E-state index contributed by atoms with van der Waals surface area (Å²) in [7, 11) is 1.63. The van der Waals surface area contributed by atoms with Crippen LogP contribution < -0.4 is 15.2 Å². The number of fused-ring (bicyclic) bond motifs is 1. The topological polar surface area (TPSA) is 100 Å². The summed E-state index contributed by atoms with van der Waals surface area (Å²) in [5.41, 5.74) is 6.67. The van der Waals surface area contributed by atoms with Gasteiger partial charge in [0.05, 0.1) is 0 Å². The first kappa shape index (κ1) is 19.8. The standard InChI is InChI=1S/C18H26N2O6/c1-11(2)16(19)17(21)25-10-26-18(22)20(4)12(3)7-13-5-6-14-15(8-13)24-9-23-14/h5-6,8,11-12,16H,7,9-10,19H2,1-4H3. The molecule has 2 atom stereocenters. The first-order valence-electron chi connectivity index (χ1n) is 8.50. The van der Waals surface area contributed by atoms with Crippen molar-refractivity contribution in [2.75, 3.05) is 20.6 Å². The highest BCUT2D eigenvalue weighted by Crippen LogP contribution is 2.32. The highest BCUT2D eigenvalue weighted by atomic mass is 16.7. The Kier molecular flexibility index (Phi) is 6.68. The van der Waals surface area contributed by atoms with E-state index in [1.165, 1.54) is 4.90 Å². The summed E-state index contributed by atoms with van der Waals surface area (Å²) in [6, 6.07) is 4.80. The van der Waals surface area contributed by atoms with Crippen molar-refractivity contribution in [2.45, 2.75) is 39.3 Å². The van der Waals surface area contributed by atoms with E-state index in [1.54, 1.807) is 7.05 Å². The van der Waals surface area contributed by atoms with Crippen LogP contribution in [-0.2, 0) is 20.7 Å². The molecule has 2 rings (SSSR count). The molecule has 0 radical (unpaired) electrons. The Morgan fingerprint density at radius 2 is 1.88 bits per heavy atom. The molecular weight excluding hydrogens is 340 g/mol. The van der Waals surface area contributed by atoms with Crippen LogP contribution in [0, 0.1) is 5.92 Å². The summed E-state index contributed by atoms with van der Waals surface area (Å²) in [6.07, 6.45) is 0.0319. The van der Waals surface area contributed by atoms with Gasteiger partial charge in [0, 0.05) is 13.1 Å². The summed E-state index contributed by atoms with van der Waals surface area (Å²) in [6.45, 7) is 5.28. The van der Waals surface area contributed by atoms with E-state index in [9.17, 15) is 9.59 Å². The Hall–Kier alpha value is -2.48. The minimum absolute atomic E-state index is 0.0532. The molecule has 2 unspecified atom stereocenters. The van der Waals surface area contributed by atoms with Crippen molar-refractivity contribution < 1.29 is 28.5 Å². The van der Waals surface area contributed by atoms with E-state index >= 15 is 0 Å². The fraction of sp³-hybridized carbons (Fsp3) is 0.556. The molecule has 0 aromatic heterocycles. The molecule has 0 saturated heterocycles. The number of benzene rings is 1. The zero-order valence-corrected chi connectivity index (χ0v) is 15.6. The van der Waals surface area contributed by atoms with Crippen molar-refractivity contribution in [3.63, 3.8) is 0 Å². The van der Waals surface area contributed by atoms with E-state index in [0.29, 0.717) is 12.2 Å². The molecule has 1 aliphatic rings. The van der Waals surface area contributed by atoms with E-state index in [4.69, 9.17) is 24.7 Å². The predicted octanol–water partition coefficient (Wildman–Crippen LogP) is 1.90. The van der Waals surface area contributed by atoms with E-state index in [1.807, 2.05) is 39.0 Å². The molecule has 0 saturated carbocycles. The second kappa shape index (κ2) is 8.75. The molecule has 0 aliphatic carbocycles. The van der Waals surface area contributed by atoms with Crippen molar-refractivity contribution in [3.05, 3.63) is 23.8 Å². The van der Waals surface area contributed by atoms with Gasteiger partial charge >= 0.3 is 12.1 Å². The lowest BCUT2D eigenvalue weighted by molar-refractivity contribution is -0.155. The fourth-order valence-corrected chi connectivity index (χ4v) is 2.33. The second-order valence-electron chi connectivity index (χ2n) is 6.61. The number of rotatable bonds is 7. The van der Waals surface area contributed by atoms with Crippen molar-refractivity contribution >= 4 is 12.1 Å². The monoisotopic (exact) mass is 366 g/mol. The van der Waals surface area contributed by atoms with Gasteiger partial charge in [-0.3, -0.25) is 4.79 Å². The van der Waals surface area contributed by atoms with Crippen LogP contribution >= 0.6 is 0 Å². The number of nitrogens with zero attached hydrogens (tertiary/aromatic N) is 1. The van der Waals surface area contributed by atoms with E-state index in [-0.39, 0.29) is 18.8 Å². The molecule has 8 nitrogen and oxygen atoms in total. The van der Waals surface area contributed by atoms with Gasteiger partial charge in [-0.15, -0.1) is 0 Å². The molecule has 144 valence electrons. The molecule has 0 bridgehead atoms. The second-order valence-corrected chi connectivity index (χ2v) is 6.61. The fourth-order valence-electron chi connectivity index (χ4n) is 2.33.